The third-order valence-corrected chi connectivity index (χ3v) is 4.02. The maximum atomic E-state index is 6.09. The van der Waals surface area contributed by atoms with E-state index in [-0.39, 0.29) is 0 Å². The Morgan fingerprint density at radius 2 is 2.05 bits per heavy atom. The van der Waals surface area contributed by atoms with Crippen molar-refractivity contribution in [3.8, 4) is 0 Å². The second-order valence-electron chi connectivity index (χ2n) is 3.67. The molecule has 0 saturated heterocycles. The van der Waals surface area contributed by atoms with Crippen molar-refractivity contribution in [2.45, 2.75) is 6.42 Å². The van der Waals surface area contributed by atoms with Gasteiger partial charge in [0, 0.05) is 28.2 Å². The van der Waals surface area contributed by atoms with Gasteiger partial charge in [-0.25, -0.2) is 4.98 Å². The molecule has 0 aliphatic heterocycles. The number of hydrogen-bond acceptors (Lipinski definition) is 3. The van der Waals surface area contributed by atoms with Crippen LogP contribution in [0.3, 0.4) is 0 Å². The number of thiazole rings is 1. The van der Waals surface area contributed by atoms with Crippen LogP contribution >= 0.6 is 46.8 Å². The van der Waals surface area contributed by atoms with Gasteiger partial charge in [0.2, 0.25) is 0 Å². The second-order valence-corrected chi connectivity index (χ2v) is 5.79. The van der Waals surface area contributed by atoms with E-state index in [9.17, 15) is 0 Å². The third-order valence-electron chi connectivity index (χ3n) is 2.38. The van der Waals surface area contributed by atoms with Gasteiger partial charge >= 0.3 is 0 Å². The summed E-state index contributed by atoms with van der Waals surface area (Å²) in [4.78, 5) is 4.09. The first-order chi connectivity index (χ1) is 9.16. The number of aromatic nitrogens is 1. The summed E-state index contributed by atoms with van der Waals surface area (Å²) in [5.74, 6) is 0. The Hall–Kier alpha value is -0.880. The Morgan fingerprint density at radius 1 is 1.32 bits per heavy atom. The van der Waals surface area contributed by atoms with E-state index in [4.69, 9.17) is 35.4 Å². The van der Waals surface area contributed by atoms with Crippen LogP contribution in [0, 0.1) is 0 Å². The van der Waals surface area contributed by atoms with E-state index in [1.165, 1.54) is 11.3 Å². The molecule has 0 amide bonds. The molecule has 19 heavy (non-hydrogen) atoms. The fourth-order valence-electron chi connectivity index (χ4n) is 1.50. The molecule has 0 atom stereocenters. The fourth-order valence-corrected chi connectivity index (χ4v) is 2.88. The zero-order valence-corrected chi connectivity index (χ0v) is 13.0. The SMILES string of the molecule is S=C(NCCc1c(Cl)cccc1Cl)Nc1nccs1. The van der Waals surface area contributed by atoms with Crippen LogP contribution in [0.1, 0.15) is 5.56 Å². The Kier molecular flexibility index (Phi) is 5.39. The molecule has 0 aliphatic rings. The van der Waals surface area contributed by atoms with Crippen molar-refractivity contribution >= 4 is 57.0 Å². The van der Waals surface area contributed by atoms with Crippen molar-refractivity contribution in [1.82, 2.24) is 10.3 Å². The summed E-state index contributed by atoms with van der Waals surface area (Å²) in [5, 5.41) is 10.6. The molecule has 1 aromatic heterocycles. The van der Waals surface area contributed by atoms with Gasteiger partial charge in [-0.2, -0.15) is 0 Å². The van der Waals surface area contributed by atoms with Crippen LogP contribution in [0.25, 0.3) is 0 Å². The predicted molar refractivity (Wildman–Crippen MR) is 86.5 cm³/mol. The van der Waals surface area contributed by atoms with Crippen molar-refractivity contribution in [1.29, 1.82) is 0 Å². The van der Waals surface area contributed by atoms with Crippen molar-refractivity contribution in [2.75, 3.05) is 11.9 Å². The Balaban J connectivity index is 1.82. The fraction of sp³-hybridized carbons (Fsp3) is 0.167. The van der Waals surface area contributed by atoms with Gasteiger partial charge in [0.05, 0.1) is 0 Å². The van der Waals surface area contributed by atoms with E-state index in [0.29, 0.717) is 28.1 Å². The highest BCUT2D eigenvalue weighted by Gasteiger charge is 2.05. The summed E-state index contributed by atoms with van der Waals surface area (Å²) in [6.45, 7) is 0.653. The van der Waals surface area contributed by atoms with Crippen molar-refractivity contribution in [3.63, 3.8) is 0 Å². The maximum absolute atomic E-state index is 6.09. The van der Waals surface area contributed by atoms with Gasteiger partial charge in [-0.1, -0.05) is 29.3 Å². The molecular formula is C12H11Cl2N3S2. The number of rotatable bonds is 4. The molecule has 100 valence electrons. The molecule has 0 radical (unpaired) electrons. The van der Waals surface area contributed by atoms with Crippen LogP contribution in [0.5, 0.6) is 0 Å². The number of benzene rings is 1. The summed E-state index contributed by atoms with van der Waals surface area (Å²) < 4.78 is 0. The summed E-state index contributed by atoms with van der Waals surface area (Å²) in [6.07, 6.45) is 2.43. The molecule has 0 bridgehead atoms. The Morgan fingerprint density at radius 3 is 2.68 bits per heavy atom. The van der Waals surface area contributed by atoms with Crippen LogP contribution in [0.2, 0.25) is 10.0 Å². The first-order valence-electron chi connectivity index (χ1n) is 5.54. The summed E-state index contributed by atoms with van der Waals surface area (Å²) in [7, 11) is 0. The first kappa shape index (κ1) is 14.5. The molecular weight excluding hydrogens is 321 g/mol. The quantitative estimate of drug-likeness (QED) is 0.831. The highest BCUT2D eigenvalue weighted by Crippen LogP contribution is 2.24. The lowest BCUT2D eigenvalue weighted by atomic mass is 10.1. The number of nitrogens with zero attached hydrogens (tertiary/aromatic N) is 1. The molecule has 2 rings (SSSR count). The average molecular weight is 332 g/mol. The lowest BCUT2D eigenvalue weighted by Crippen LogP contribution is -2.30. The normalized spacial score (nSPS) is 10.2. The number of thiocarbonyl (C=S) groups is 1. The molecule has 2 N–H and O–H groups in total. The number of anilines is 1. The van der Waals surface area contributed by atoms with Crippen molar-refractivity contribution in [2.24, 2.45) is 0 Å². The molecule has 0 fully saturated rings. The minimum atomic E-state index is 0.540. The van der Waals surface area contributed by atoms with Crippen molar-refractivity contribution < 1.29 is 0 Å². The Labute approximate surface area is 131 Å². The highest BCUT2D eigenvalue weighted by atomic mass is 35.5. The van der Waals surface area contributed by atoms with E-state index in [0.717, 1.165) is 10.7 Å². The first-order valence-corrected chi connectivity index (χ1v) is 7.58. The summed E-state index contributed by atoms with van der Waals surface area (Å²) in [5.41, 5.74) is 0.926. The molecule has 0 saturated carbocycles. The van der Waals surface area contributed by atoms with Gasteiger partial charge in [0.25, 0.3) is 0 Å². The van der Waals surface area contributed by atoms with Gasteiger partial charge in [-0.05, 0) is 36.3 Å². The second kappa shape index (κ2) is 7.05. The van der Waals surface area contributed by atoms with Crippen molar-refractivity contribution in [3.05, 3.63) is 45.4 Å². The topological polar surface area (TPSA) is 37.0 Å². The van der Waals surface area contributed by atoms with Crippen LogP contribution in [0.15, 0.2) is 29.8 Å². The monoisotopic (exact) mass is 331 g/mol. The smallest absolute Gasteiger partial charge is 0.188 e. The van der Waals surface area contributed by atoms with E-state index >= 15 is 0 Å². The van der Waals surface area contributed by atoms with Crippen LogP contribution in [-0.4, -0.2) is 16.6 Å². The molecule has 0 unspecified atom stereocenters. The minimum Gasteiger partial charge on any atom is -0.362 e. The molecule has 1 heterocycles. The standard InChI is InChI=1S/C12H11Cl2N3S2/c13-9-2-1-3-10(14)8(9)4-5-15-11(18)17-12-16-6-7-19-12/h1-3,6-7H,4-5H2,(H2,15,16,17,18). The minimum absolute atomic E-state index is 0.540. The Bertz CT molecular complexity index is 538. The lowest BCUT2D eigenvalue weighted by Gasteiger charge is -2.10. The van der Waals surface area contributed by atoms with E-state index < -0.39 is 0 Å². The molecule has 1 aromatic carbocycles. The van der Waals surface area contributed by atoms with E-state index in [1.807, 2.05) is 23.6 Å². The van der Waals surface area contributed by atoms with Crippen LogP contribution in [0.4, 0.5) is 5.13 Å². The van der Waals surface area contributed by atoms with Gasteiger partial charge in [-0.15, -0.1) is 11.3 Å². The zero-order chi connectivity index (χ0) is 13.7. The molecule has 2 aromatic rings. The largest absolute Gasteiger partial charge is 0.362 e. The molecule has 0 spiro atoms. The third kappa shape index (κ3) is 4.31. The van der Waals surface area contributed by atoms with E-state index in [2.05, 4.69) is 15.6 Å². The van der Waals surface area contributed by atoms with Crippen LogP contribution < -0.4 is 10.6 Å². The number of halogens is 2. The van der Waals surface area contributed by atoms with Gasteiger partial charge < -0.3 is 10.6 Å². The van der Waals surface area contributed by atoms with Gasteiger partial charge in [0.1, 0.15) is 0 Å². The maximum Gasteiger partial charge on any atom is 0.188 e. The summed E-state index contributed by atoms with van der Waals surface area (Å²) in [6, 6.07) is 5.49. The highest BCUT2D eigenvalue weighted by molar-refractivity contribution is 7.80. The molecule has 7 heteroatoms. The number of hydrogen-bond donors (Lipinski definition) is 2. The predicted octanol–water partition coefficient (Wildman–Crippen LogP) is 3.98. The van der Waals surface area contributed by atoms with Gasteiger partial charge in [0.15, 0.2) is 10.2 Å². The van der Waals surface area contributed by atoms with Gasteiger partial charge in [-0.3, -0.25) is 0 Å². The average Bonchev–Trinajstić information content (AvgIpc) is 2.85. The lowest BCUT2D eigenvalue weighted by molar-refractivity contribution is 0.873. The molecule has 3 nitrogen and oxygen atoms in total. The number of nitrogens with one attached hydrogen (secondary N) is 2. The summed E-state index contributed by atoms with van der Waals surface area (Å²) >= 11 is 18.8. The zero-order valence-electron chi connectivity index (χ0n) is 9.82. The van der Waals surface area contributed by atoms with Crippen LogP contribution in [-0.2, 0) is 6.42 Å². The molecule has 0 aliphatic carbocycles. The van der Waals surface area contributed by atoms with E-state index in [1.54, 1.807) is 6.20 Å².